The van der Waals surface area contributed by atoms with Crippen molar-refractivity contribution in [2.75, 3.05) is 11.4 Å². The van der Waals surface area contributed by atoms with E-state index in [1.807, 2.05) is 17.7 Å². The van der Waals surface area contributed by atoms with E-state index in [0.29, 0.717) is 24.3 Å². The van der Waals surface area contributed by atoms with Crippen molar-refractivity contribution in [3.63, 3.8) is 0 Å². The summed E-state index contributed by atoms with van der Waals surface area (Å²) in [6, 6.07) is 5.26. The summed E-state index contributed by atoms with van der Waals surface area (Å²) >= 11 is 3.37. The Labute approximate surface area is 124 Å². The summed E-state index contributed by atoms with van der Waals surface area (Å²) in [5.74, 6) is -0.0110. The molecule has 102 valence electrons. The molecule has 0 unspecified atom stereocenters. The van der Waals surface area contributed by atoms with Crippen molar-refractivity contribution in [2.45, 2.75) is 13.5 Å². The molecule has 5 nitrogen and oxygen atoms in total. The number of fused-ring (bicyclic) bond motifs is 1. The molecule has 6 heteroatoms. The third-order valence-corrected chi connectivity index (χ3v) is 3.92. The average Bonchev–Trinajstić information content (AvgIpc) is 2.92. The molecule has 0 atom stereocenters. The summed E-state index contributed by atoms with van der Waals surface area (Å²) in [6.45, 7) is 2.96. The second-order valence-corrected chi connectivity index (χ2v) is 5.53. The molecule has 1 aliphatic rings. The van der Waals surface area contributed by atoms with Crippen LogP contribution in [0.1, 0.15) is 16.2 Å². The number of hydrogen-bond acceptors (Lipinski definition) is 3. The summed E-state index contributed by atoms with van der Waals surface area (Å²) < 4.78 is 2.80. The van der Waals surface area contributed by atoms with Gasteiger partial charge in [0.1, 0.15) is 5.82 Å². The Morgan fingerprint density at radius 3 is 2.75 bits per heavy atom. The van der Waals surface area contributed by atoms with Gasteiger partial charge in [-0.25, -0.2) is 4.98 Å². The fourth-order valence-corrected chi connectivity index (χ4v) is 2.69. The van der Waals surface area contributed by atoms with Crippen LogP contribution >= 0.6 is 15.9 Å². The Kier molecular flexibility index (Phi) is 3.17. The van der Waals surface area contributed by atoms with Crippen molar-refractivity contribution in [2.24, 2.45) is 0 Å². The Morgan fingerprint density at radius 1 is 1.25 bits per heavy atom. The molecule has 3 rings (SSSR count). The first-order valence-electron chi connectivity index (χ1n) is 6.21. The normalized spacial score (nSPS) is 14.0. The minimum Gasteiger partial charge on any atom is -0.333 e. The van der Waals surface area contributed by atoms with Gasteiger partial charge in [0.2, 0.25) is 0 Å². The Morgan fingerprint density at radius 2 is 2.05 bits per heavy atom. The number of Topliss-reactive ketones (excluding diaryl/α,β-unsaturated/α-hetero) is 1. The first kappa shape index (κ1) is 13.1. The van der Waals surface area contributed by atoms with E-state index < -0.39 is 11.7 Å². The Bertz CT molecular complexity index is 708. The summed E-state index contributed by atoms with van der Waals surface area (Å²) in [6.07, 6.45) is 3.58. The smallest absolute Gasteiger partial charge is 0.299 e. The second kappa shape index (κ2) is 4.86. The number of rotatable bonds is 3. The number of aryl methyl sites for hydroxylation is 1. The zero-order chi connectivity index (χ0) is 14.3. The highest BCUT2D eigenvalue weighted by Crippen LogP contribution is 2.31. The number of carbonyl (C=O) groups is 2. The second-order valence-electron chi connectivity index (χ2n) is 4.62. The van der Waals surface area contributed by atoms with Gasteiger partial charge in [-0.3, -0.25) is 9.59 Å². The van der Waals surface area contributed by atoms with Crippen molar-refractivity contribution in [3.8, 4) is 0 Å². The molecule has 20 heavy (non-hydrogen) atoms. The van der Waals surface area contributed by atoms with Crippen LogP contribution in [0.5, 0.6) is 0 Å². The molecule has 0 fully saturated rings. The highest BCUT2D eigenvalue weighted by Gasteiger charge is 2.35. The van der Waals surface area contributed by atoms with Crippen LogP contribution in [-0.4, -0.2) is 27.8 Å². The first-order valence-corrected chi connectivity index (χ1v) is 7.00. The van der Waals surface area contributed by atoms with E-state index in [4.69, 9.17) is 0 Å². The van der Waals surface area contributed by atoms with E-state index in [0.717, 1.165) is 10.3 Å². The van der Waals surface area contributed by atoms with Gasteiger partial charge in [-0.15, -0.1) is 0 Å². The number of aromatic nitrogens is 2. The zero-order valence-electron chi connectivity index (χ0n) is 10.8. The first-order chi connectivity index (χ1) is 9.58. The number of carbonyl (C=O) groups excluding carboxylic acids is 2. The summed E-state index contributed by atoms with van der Waals surface area (Å²) in [4.78, 5) is 29.6. The number of nitrogens with zero attached hydrogens (tertiary/aromatic N) is 3. The molecule has 0 saturated carbocycles. The molecule has 1 aliphatic heterocycles. The standard InChI is InChI=1S/C14H12BrN3O2/c1-9-16-4-5-17(9)6-7-18-12-8-10(15)2-3-11(12)13(19)14(18)20/h2-5,8H,6-7H2,1H3. The Hall–Kier alpha value is -1.95. The molecule has 0 N–H and O–H groups in total. The van der Waals surface area contributed by atoms with Crippen LogP contribution in [0.4, 0.5) is 5.69 Å². The lowest BCUT2D eigenvalue weighted by molar-refractivity contribution is -0.114. The van der Waals surface area contributed by atoms with Gasteiger partial charge in [0.15, 0.2) is 0 Å². The maximum Gasteiger partial charge on any atom is 0.299 e. The van der Waals surface area contributed by atoms with Gasteiger partial charge in [0, 0.05) is 30.0 Å². The largest absolute Gasteiger partial charge is 0.333 e. The van der Waals surface area contributed by atoms with Crippen LogP contribution in [-0.2, 0) is 11.3 Å². The number of anilines is 1. The molecule has 1 amide bonds. The highest BCUT2D eigenvalue weighted by molar-refractivity contribution is 9.10. The maximum absolute atomic E-state index is 12.1. The minimum absolute atomic E-state index is 0.435. The monoisotopic (exact) mass is 333 g/mol. The zero-order valence-corrected chi connectivity index (χ0v) is 12.4. The molecule has 2 heterocycles. The van der Waals surface area contributed by atoms with E-state index in [-0.39, 0.29) is 0 Å². The van der Waals surface area contributed by atoms with Crippen molar-refractivity contribution < 1.29 is 9.59 Å². The summed E-state index contributed by atoms with van der Waals surface area (Å²) in [5, 5.41) is 0. The van der Waals surface area contributed by atoms with E-state index in [9.17, 15) is 9.59 Å². The molecule has 2 aromatic rings. The number of amides is 1. The Balaban J connectivity index is 1.87. The lowest BCUT2D eigenvalue weighted by atomic mass is 10.1. The molecule has 0 bridgehead atoms. The molecule has 1 aromatic carbocycles. The van der Waals surface area contributed by atoms with E-state index in [1.54, 1.807) is 24.4 Å². The molecular weight excluding hydrogens is 322 g/mol. The quantitative estimate of drug-likeness (QED) is 0.809. The van der Waals surface area contributed by atoms with E-state index >= 15 is 0 Å². The molecule has 0 spiro atoms. The highest BCUT2D eigenvalue weighted by atomic mass is 79.9. The molecule has 0 aliphatic carbocycles. The lowest BCUT2D eigenvalue weighted by Gasteiger charge is -2.17. The van der Waals surface area contributed by atoms with Crippen molar-refractivity contribution in [3.05, 3.63) is 46.5 Å². The van der Waals surface area contributed by atoms with Crippen LogP contribution in [0.2, 0.25) is 0 Å². The molecule has 1 aromatic heterocycles. The summed E-state index contributed by atoms with van der Waals surface area (Å²) in [5.41, 5.74) is 1.15. The van der Waals surface area contributed by atoms with Crippen LogP contribution in [0.15, 0.2) is 35.1 Å². The van der Waals surface area contributed by atoms with Gasteiger partial charge in [-0.1, -0.05) is 15.9 Å². The molecular formula is C14H12BrN3O2. The van der Waals surface area contributed by atoms with Crippen molar-refractivity contribution in [1.82, 2.24) is 9.55 Å². The SMILES string of the molecule is Cc1nccn1CCN1C(=O)C(=O)c2ccc(Br)cc21. The minimum atomic E-state index is -0.462. The van der Waals surface area contributed by atoms with E-state index in [1.165, 1.54) is 4.90 Å². The number of hydrogen-bond donors (Lipinski definition) is 0. The summed E-state index contributed by atoms with van der Waals surface area (Å²) in [7, 11) is 0. The van der Waals surface area contributed by atoms with Crippen LogP contribution < -0.4 is 4.90 Å². The van der Waals surface area contributed by atoms with E-state index in [2.05, 4.69) is 20.9 Å². The topological polar surface area (TPSA) is 55.2 Å². The van der Waals surface area contributed by atoms with Crippen LogP contribution in [0, 0.1) is 6.92 Å². The predicted octanol–water partition coefficient (Wildman–Crippen LogP) is 2.18. The average molecular weight is 334 g/mol. The maximum atomic E-state index is 12.1. The lowest BCUT2D eigenvalue weighted by Crippen LogP contribution is -2.32. The van der Waals surface area contributed by atoms with Gasteiger partial charge in [-0.05, 0) is 25.1 Å². The van der Waals surface area contributed by atoms with Gasteiger partial charge >= 0.3 is 0 Å². The van der Waals surface area contributed by atoms with Crippen LogP contribution in [0.25, 0.3) is 0 Å². The number of halogens is 1. The third kappa shape index (κ3) is 2.06. The predicted molar refractivity (Wildman–Crippen MR) is 77.8 cm³/mol. The van der Waals surface area contributed by atoms with Gasteiger partial charge in [0.05, 0.1) is 11.3 Å². The number of ketones is 1. The number of benzene rings is 1. The molecule has 0 radical (unpaired) electrons. The van der Waals surface area contributed by atoms with Gasteiger partial charge in [-0.2, -0.15) is 0 Å². The number of imidazole rings is 1. The fourth-order valence-electron chi connectivity index (χ4n) is 2.34. The van der Waals surface area contributed by atoms with Crippen molar-refractivity contribution in [1.29, 1.82) is 0 Å². The van der Waals surface area contributed by atoms with Gasteiger partial charge < -0.3 is 9.47 Å². The molecule has 0 saturated heterocycles. The van der Waals surface area contributed by atoms with Gasteiger partial charge in [0.25, 0.3) is 11.7 Å². The fraction of sp³-hybridized carbons (Fsp3) is 0.214. The van der Waals surface area contributed by atoms with Crippen molar-refractivity contribution >= 4 is 33.3 Å². The van der Waals surface area contributed by atoms with Crippen LogP contribution in [0.3, 0.4) is 0 Å². The third-order valence-electron chi connectivity index (χ3n) is 3.42.